The standard InChI is InChI=1S/C18H24ClN3O3S/c1-18(2,3)25-16(23)20-10-5-4-9-15-21-22-17(24-15)26-12-13-7-6-8-14(19)11-13/h6-8,11H,4-5,9-10,12H2,1-3H3,(H,20,23). The van der Waals surface area contributed by atoms with Crippen LogP contribution in [0.2, 0.25) is 5.02 Å². The number of amides is 1. The van der Waals surface area contributed by atoms with E-state index >= 15 is 0 Å². The SMILES string of the molecule is CC(C)(C)OC(=O)NCCCCc1nnc(SCc2cccc(Cl)c2)o1. The summed E-state index contributed by atoms with van der Waals surface area (Å²) in [5.74, 6) is 1.33. The van der Waals surface area contributed by atoms with E-state index in [9.17, 15) is 4.79 Å². The average Bonchev–Trinajstić information content (AvgIpc) is 2.99. The number of benzene rings is 1. The van der Waals surface area contributed by atoms with Crippen molar-refractivity contribution in [1.82, 2.24) is 15.5 Å². The molecule has 0 fully saturated rings. The number of nitrogens with zero attached hydrogens (tertiary/aromatic N) is 2. The topological polar surface area (TPSA) is 77.2 Å². The van der Waals surface area contributed by atoms with E-state index in [4.69, 9.17) is 20.8 Å². The number of rotatable bonds is 8. The van der Waals surface area contributed by atoms with Crippen LogP contribution >= 0.6 is 23.4 Å². The molecule has 1 aromatic heterocycles. The lowest BCUT2D eigenvalue weighted by atomic mass is 10.2. The van der Waals surface area contributed by atoms with Gasteiger partial charge in [-0.05, 0) is 51.3 Å². The van der Waals surface area contributed by atoms with Crippen LogP contribution in [0, 0.1) is 0 Å². The van der Waals surface area contributed by atoms with Crippen LogP contribution in [-0.2, 0) is 16.9 Å². The minimum absolute atomic E-state index is 0.394. The Bertz CT molecular complexity index is 716. The molecule has 0 aliphatic carbocycles. The van der Waals surface area contributed by atoms with Crippen LogP contribution in [0.25, 0.3) is 0 Å². The molecular formula is C18H24ClN3O3S. The summed E-state index contributed by atoms with van der Waals surface area (Å²) in [5, 5.41) is 12.1. The van der Waals surface area contributed by atoms with E-state index in [0.717, 1.165) is 24.2 Å². The highest BCUT2D eigenvalue weighted by molar-refractivity contribution is 7.98. The van der Waals surface area contributed by atoms with E-state index in [1.807, 2.05) is 45.0 Å². The first-order valence-corrected chi connectivity index (χ1v) is 9.85. The Hall–Kier alpha value is -1.73. The van der Waals surface area contributed by atoms with E-state index in [0.29, 0.717) is 29.1 Å². The second-order valence-corrected chi connectivity index (χ2v) is 8.13. The average molecular weight is 398 g/mol. The Morgan fingerprint density at radius 2 is 2.12 bits per heavy atom. The van der Waals surface area contributed by atoms with Gasteiger partial charge in [-0.2, -0.15) is 0 Å². The summed E-state index contributed by atoms with van der Waals surface area (Å²) in [4.78, 5) is 11.5. The molecule has 1 aromatic carbocycles. The van der Waals surface area contributed by atoms with E-state index in [-0.39, 0.29) is 0 Å². The van der Waals surface area contributed by atoms with Gasteiger partial charge >= 0.3 is 6.09 Å². The maximum atomic E-state index is 11.5. The number of hydrogen-bond donors (Lipinski definition) is 1. The van der Waals surface area contributed by atoms with Crippen molar-refractivity contribution < 1.29 is 13.9 Å². The van der Waals surface area contributed by atoms with Crippen molar-refractivity contribution in [2.45, 2.75) is 56.6 Å². The van der Waals surface area contributed by atoms with Crippen molar-refractivity contribution in [2.24, 2.45) is 0 Å². The van der Waals surface area contributed by atoms with E-state index in [2.05, 4.69) is 15.5 Å². The van der Waals surface area contributed by atoms with Gasteiger partial charge in [-0.15, -0.1) is 10.2 Å². The summed E-state index contributed by atoms with van der Waals surface area (Å²) in [6.45, 7) is 6.07. The fourth-order valence-corrected chi connectivity index (χ4v) is 3.01. The number of aryl methyl sites for hydroxylation is 1. The minimum Gasteiger partial charge on any atom is -0.444 e. The third-order valence-electron chi connectivity index (χ3n) is 3.19. The molecule has 0 bridgehead atoms. The highest BCUT2D eigenvalue weighted by Gasteiger charge is 2.15. The Morgan fingerprint density at radius 3 is 2.85 bits per heavy atom. The third-order valence-corrected chi connectivity index (χ3v) is 4.31. The largest absolute Gasteiger partial charge is 0.444 e. The lowest BCUT2D eigenvalue weighted by Crippen LogP contribution is -2.33. The summed E-state index contributed by atoms with van der Waals surface area (Å²) < 4.78 is 10.8. The third kappa shape index (κ3) is 8.10. The molecule has 26 heavy (non-hydrogen) atoms. The van der Waals surface area contributed by atoms with Crippen molar-refractivity contribution in [3.63, 3.8) is 0 Å². The minimum atomic E-state index is -0.479. The molecule has 0 atom stereocenters. The number of carbonyl (C=O) groups is 1. The summed E-state index contributed by atoms with van der Waals surface area (Å²) in [5.41, 5.74) is 0.628. The lowest BCUT2D eigenvalue weighted by molar-refractivity contribution is 0.0527. The molecule has 0 unspecified atom stereocenters. The maximum absolute atomic E-state index is 11.5. The molecule has 1 heterocycles. The summed E-state index contributed by atoms with van der Waals surface area (Å²) >= 11 is 7.45. The molecule has 1 amide bonds. The number of ether oxygens (including phenoxy) is 1. The summed E-state index contributed by atoms with van der Waals surface area (Å²) in [7, 11) is 0. The van der Waals surface area contributed by atoms with E-state index in [1.165, 1.54) is 11.8 Å². The number of aromatic nitrogens is 2. The molecule has 0 aliphatic rings. The first kappa shape index (κ1) is 20.6. The monoisotopic (exact) mass is 397 g/mol. The molecule has 142 valence electrons. The van der Waals surface area contributed by atoms with Crippen LogP contribution in [0.4, 0.5) is 4.79 Å². The van der Waals surface area contributed by atoms with Gasteiger partial charge in [-0.25, -0.2) is 4.79 Å². The molecule has 1 N–H and O–H groups in total. The molecular weight excluding hydrogens is 374 g/mol. The Labute approximate surface area is 163 Å². The molecule has 0 saturated heterocycles. The molecule has 0 radical (unpaired) electrons. The smallest absolute Gasteiger partial charge is 0.407 e. The van der Waals surface area contributed by atoms with Crippen LogP contribution < -0.4 is 5.32 Å². The second-order valence-electron chi connectivity index (χ2n) is 6.77. The van der Waals surface area contributed by atoms with Gasteiger partial charge in [0, 0.05) is 23.7 Å². The number of hydrogen-bond acceptors (Lipinski definition) is 6. The number of halogens is 1. The van der Waals surface area contributed by atoms with Crippen molar-refractivity contribution in [3.05, 3.63) is 40.7 Å². The van der Waals surface area contributed by atoms with Gasteiger partial charge in [0.25, 0.3) is 5.22 Å². The van der Waals surface area contributed by atoms with Gasteiger partial charge in [0.2, 0.25) is 5.89 Å². The number of unbranched alkanes of at least 4 members (excludes halogenated alkanes) is 1. The zero-order valence-electron chi connectivity index (χ0n) is 15.3. The van der Waals surface area contributed by atoms with Gasteiger partial charge < -0.3 is 14.5 Å². The molecule has 2 rings (SSSR count). The summed E-state index contributed by atoms with van der Waals surface area (Å²) in [6.07, 6.45) is 1.94. The molecule has 0 saturated carbocycles. The highest BCUT2D eigenvalue weighted by atomic mass is 35.5. The maximum Gasteiger partial charge on any atom is 0.407 e. The Kier molecular flexibility index (Phi) is 7.78. The molecule has 0 aliphatic heterocycles. The quantitative estimate of drug-likeness (QED) is 0.506. The highest BCUT2D eigenvalue weighted by Crippen LogP contribution is 2.23. The fraction of sp³-hybridized carbons (Fsp3) is 0.500. The van der Waals surface area contributed by atoms with Crippen LogP contribution in [0.5, 0.6) is 0 Å². The number of carbonyl (C=O) groups excluding carboxylic acids is 1. The van der Waals surface area contributed by atoms with Crippen molar-refractivity contribution in [1.29, 1.82) is 0 Å². The summed E-state index contributed by atoms with van der Waals surface area (Å²) in [6, 6.07) is 7.69. The second kappa shape index (κ2) is 9.83. The van der Waals surface area contributed by atoms with Gasteiger partial charge in [0.05, 0.1) is 0 Å². The number of alkyl carbamates (subject to hydrolysis) is 1. The Balaban J connectivity index is 1.63. The van der Waals surface area contributed by atoms with Crippen LogP contribution in [0.3, 0.4) is 0 Å². The van der Waals surface area contributed by atoms with Gasteiger partial charge in [-0.3, -0.25) is 0 Å². The first-order chi connectivity index (χ1) is 12.3. The number of thioether (sulfide) groups is 1. The van der Waals surface area contributed by atoms with Gasteiger partial charge in [0.15, 0.2) is 0 Å². The van der Waals surface area contributed by atoms with Crippen LogP contribution in [-0.4, -0.2) is 28.4 Å². The molecule has 8 heteroatoms. The molecule has 6 nitrogen and oxygen atoms in total. The number of nitrogens with one attached hydrogen (secondary N) is 1. The Morgan fingerprint density at radius 1 is 1.31 bits per heavy atom. The zero-order valence-corrected chi connectivity index (χ0v) is 16.8. The van der Waals surface area contributed by atoms with Crippen molar-refractivity contribution >= 4 is 29.5 Å². The van der Waals surface area contributed by atoms with Gasteiger partial charge in [0.1, 0.15) is 5.60 Å². The van der Waals surface area contributed by atoms with Crippen molar-refractivity contribution in [3.8, 4) is 0 Å². The van der Waals surface area contributed by atoms with Gasteiger partial charge in [-0.1, -0.05) is 35.5 Å². The molecule has 2 aromatic rings. The van der Waals surface area contributed by atoms with Crippen LogP contribution in [0.15, 0.2) is 33.9 Å². The lowest BCUT2D eigenvalue weighted by Gasteiger charge is -2.19. The van der Waals surface area contributed by atoms with Crippen molar-refractivity contribution in [2.75, 3.05) is 6.54 Å². The van der Waals surface area contributed by atoms with E-state index in [1.54, 1.807) is 0 Å². The normalized spacial score (nSPS) is 11.4. The van der Waals surface area contributed by atoms with E-state index < -0.39 is 11.7 Å². The fourth-order valence-electron chi connectivity index (χ4n) is 2.08. The predicted octanol–water partition coefficient (Wildman–Crippen LogP) is 4.86. The first-order valence-electron chi connectivity index (χ1n) is 8.48. The predicted molar refractivity (Wildman–Crippen MR) is 102 cm³/mol. The van der Waals surface area contributed by atoms with Crippen LogP contribution in [0.1, 0.15) is 45.1 Å². The molecule has 0 spiro atoms. The zero-order chi connectivity index (χ0) is 19.0.